The number of benzene rings is 2. The number of rotatable bonds is 8. The second kappa shape index (κ2) is 8.56. The number of halogens is 1. The highest BCUT2D eigenvalue weighted by Crippen LogP contribution is 2.20. The first kappa shape index (κ1) is 18.8. The van der Waals surface area contributed by atoms with E-state index in [1.807, 2.05) is 0 Å². The molecule has 0 aliphatic heterocycles. The topological polar surface area (TPSA) is 105 Å². The molecule has 2 rings (SSSR count). The number of ether oxygens (including phenoxy) is 3. The Balaban J connectivity index is 1.86. The fourth-order valence-corrected chi connectivity index (χ4v) is 1.97. The molecule has 0 saturated carbocycles. The van der Waals surface area contributed by atoms with Crippen molar-refractivity contribution in [3.63, 3.8) is 0 Å². The third-order valence-corrected chi connectivity index (χ3v) is 3.23. The molecule has 0 saturated heterocycles. The summed E-state index contributed by atoms with van der Waals surface area (Å²) in [4.78, 5) is 33.6. The lowest BCUT2D eigenvalue weighted by molar-refractivity contribution is -0.384. The normalized spacial score (nSPS) is 10.1. The van der Waals surface area contributed by atoms with E-state index < -0.39 is 35.7 Å². The van der Waals surface area contributed by atoms with Crippen molar-refractivity contribution in [3.05, 3.63) is 64.0 Å². The molecule has 0 N–H and O–H groups in total. The molecular formula is C17H14FNO7. The molecule has 2 aromatic carbocycles. The van der Waals surface area contributed by atoms with Crippen LogP contribution in [0.4, 0.5) is 10.1 Å². The first-order valence-electron chi connectivity index (χ1n) is 7.30. The molecule has 0 unspecified atom stereocenters. The minimum atomic E-state index is -0.827. The van der Waals surface area contributed by atoms with Crippen LogP contribution in [0.1, 0.15) is 10.4 Å². The number of hydrogen-bond acceptors (Lipinski definition) is 7. The summed E-state index contributed by atoms with van der Waals surface area (Å²) in [5, 5.41) is 10.5. The van der Waals surface area contributed by atoms with Gasteiger partial charge in [-0.3, -0.25) is 14.9 Å². The Hall–Kier alpha value is -3.49. The molecule has 0 aliphatic rings. The van der Waals surface area contributed by atoms with Crippen LogP contribution in [0.25, 0.3) is 0 Å². The number of non-ortho nitro benzene ring substituents is 1. The number of nitrogens with zero attached hydrogens (tertiary/aromatic N) is 1. The summed E-state index contributed by atoms with van der Waals surface area (Å²) < 4.78 is 28.1. The van der Waals surface area contributed by atoms with Crippen molar-refractivity contribution in [1.82, 2.24) is 0 Å². The molecule has 0 bridgehead atoms. The zero-order valence-corrected chi connectivity index (χ0v) is 13.6. The van der Waals surface area contributed by atoms with Gasteiger partial charge in [-0.25, -0.2) is 9.18 Å². The van der Waals surface area contributed by atoms with Crippen LogP contribution in [0.5, 0.6) is 11.5 Å². The van der Waals surface area contributed by atoms with Crippen molar-refractivity contribution < 1.29 is 33.1 Å². The predicted molar refractivity (Wildman–Crippen MR) is 86.8 cm³/mol. The minimum Gasteiger partial charge on any atom is -0.496 e. The van der Waals surface area contributed by atoms with Crippen LogP contribution < -0.4 is 9.47 Å². The van der Waals surface area contributed by atoms with Crippen LogP contribution in [-0.4, -0.2) is 37.0 Å². The SMILES string of the molecule is COc1ccc(F)cc1C(=O)COC(=O)COc1ccc([N+](=O)[O-])cc1. The van der Waals surface area contributed by atoms with Gasteiger partial charge in [-0.1, -0.05) is 0 Å². The number of esters is 1. The average Bonchev–Trinajstić information content (AvgIpc) is 2.64. The number of nitro benzene ring substituents is 1. The van der Waals surface area contributed by atoms with Crippen LogP contribution in [0.15, 0.2) is 42.5 Å². The number of hydrogen-bond donors (Lipinski definition) is 0. The van der Waals surface area contributed by atoms with Gasteiger partial charge >= 0.3 is 5.97 Å². The fraction of sp³-hybridized carbons (Fsp3) is 0.176. The maximum atomic E-state index is 13.3. The summed E-state index contributed by atoms with van der Waals surface area (Å²) in [6.07, 6.45) is 0. The van der Waals surface area contributed by atoms with Gasteiger partial charge in [-0.2, -0.15) is 0 Å². The molecule has 0 radical (unpaired) electrons. The van der Waals surface area contributed by atoms with Crippen molar-refractivity contribution in [2.75, 3.05) is 20.3 Å². The number of methoxy groups -OCH3 is 1. The van der Waals surface area contributed by atoms with Gasteiger partial charge in [0.05, 0.1) is 17.6 Å². The van der Waals surface area contributed by atoms with Gasteiger partial charge < -0.3 is 14.2 Å². The first-order chi connectivity index (χ1) is 12.4. The maximum Gasteiger partial charge on any atom is 0.344 e. The van der Waals surface area contributed by atoms with Crippen LogP contribution in [0.3, 0.4) is 0 Å². The van der Waals surface area contributed by atoms with E-state index in [4.69, 9.17) is 14.2 Å². The summed E-state index contributed by atoms with van der Waals surface area (Å²) in [5.74, 6) is -1.70. The van der Waals surface area contributed by atoms with Crippen molar-refractivity contribution >= 4 is 17.4 Å². The Morgan fingerprint density at radius 2 is 1.81 bits per heavy atom. The molecule has 0 aromatic heterocycles. The van der Waals surface area contributed by atoms with E-state index in [9.17, 15) is 24.1 Å². The largest absolute Gasteiger partial charge is 0.496 e. The Morgan fingerprint density at radius 3 is 2.42 bits per heavy atom. The molecule has 2 aromatic rings. The minimum absolute atomic E-state index is 0.0448. The lowest BCUT2D eigenvalue weighted by Crippen LogP contribution is -2.20. The van der Waals surface area contributed by atoms with Gasteiger partial charge in [-0.15, -0.1) is 0 Å². The second-order valence-corrected chi connectivity index (χ2v) is 4.97. The maximum absolute atomic E-state index is 13.3. The first-order valence-corrected chi connectivity index (χ1v) is 7.30. The lowest BCUT2D eigenvalue weighted by Gasteiger charge is -2.09. The van der Waals surface area contributed by atoms with Gasteiger partial charge in [0.15, 0.2) is 13.2 Å². The molecule has 0 heterocycles. The van der Waals surface area contributed by atoms with Crippen LogP contribution in [0, 0.1) is 15.9 Å². The van der Waals surface area contributed by atoms with Crippen molar-refractivity contribution in [3.8, 4) is 11.5 Å². The quantitative estimate of drug-likeness (QED) is 0.307. The van der Waals surface area contributed by atoms with Crippen molar-refractivity contribution in [1.29, 1.82) is 0 Å². The molecule has 0 spiro atoms. The summed E-state index contributed by atoms with van der Waals surface area (Å²) in [5.41, 5.74) is -0.161. The zero-order valence-electron chi connectivity index (χ0n) is 13.6. The standard InChI is InChI=1S/C17H14FNO7/c1-24-16-7-2-11(18)8-14(16)15(20)9-26-17(21)10-25-13-5-3-12(4-6-13)19(22)23/h2-8H,9-10H2,1H3. The molecular weight excluding hydrogens is 349 g/mol. The van der Waals surface area contributed by atoms with E-state index in [-0.39, 0.29) is 22.7 Å². The molecule has 0 amide bonds. The van der Waals surface area contributed by atoms with Gasteiger partial charge in [0.25, 0.3) is 5.69 Å². The van der Waals surface area contributed by atoms with Crippen LogP contribution in [-0.2, 0) is 9.53 Å². The predicted octanol–water partition coefficient (Wildman–Crippen LogP) is 2.55. The monoisotopic (exact) mass is 363 g/mol. The van der Waals surface area contributed by atoms with Crippen LogP contribution in [0.2, 0.25) is 0 Å². The lowest BCUT2D eigenvalue weighted by atomic mass is 10.1. The van der Waals surface area contributed by atoms with Gasteiger partial charge in [0.1, 0.15) is 17.3 Å². The molecule has 8 nitrogen and oxygen atoms in total. The highest BCUT2D eigenvalue weighted by molar-refractivity contribution is 6.00. The highest BCUT2D eigenvalue weighted by atomic mass is 19.1. The number of carbonyl (C=O) groups excluding carboxylic acids is 2. The number of Topliss-reactive ketones (excluding diaryl/α,β-unsaturated/α-hetero) is 1. The van der Waals surface area contributed by atoms with Crippen molar-refractivity contribution in [2.45, 2.75) is 0 Å². The Bertz CT molecular complexity index is 820. The zero-order chi connectivity index (χ0) is 19.1. The molecule has 26 heavy (non-hydrogen) atoms. The third-order valence-electron chi connectivity index (χ3n) is 3.23. The fourth-order valence-electron chi connectivity index (χ4n) is 1.97. The van der Waals surface area contributed by atoms with Gasteiger partial charge in [-0.05, 0) is 30.3 Å². The molecule has 136 valence electrons. The smallest absolute Gasteiger partial charge is 0.344 e. The van der Waals surface area contributed by atoms with Crippen molar-refractivity contribution in [2.24, 2.45) is 0 Å². The van der Waals surface area contributed by atoms with Crippen LogP contribution >= 0.6 is 0 Å². The number of nitro groups is 1. The van der Waals surface area contributed by atoms with Gasteiger partial charge in [0.2, 0.25) is 5.78 Å². The summed E-state index contributed by atoms with van der Waals surface area (Å²) in [7, 11) is 1.33. The number of carbonyl (C=O) groups is 2. The summed E-state index contributed by atoms with van der Waals surface area (Å²) in [6.45, 7) is -1.10. The van der Waals surface area contributed by atoms with Gasteiger partial charge in [0, 0.05) is 12.1 Å². The van der Waals surface area contributed by atoms with E-state index in [0.717, 1.165) is 12.1 Å². The Labute approximate surface area is 147 Å². The average molecular weight is 363 g/mol. The van der Waals surface area contributed by atoms with E-state index in [2.05, 4.69) is 0 Å². The van der Waals surface area contributed by atoms with E-state index >= 15 is 0 Å². The highest BCUT2D eigenvalue weighted by Gasteiger charge is 2.16. The summed E-state index contributed by atoms with van der Waals surface area (Å²) >= 11 is 0. The Morgan fingerprint density at radius 1 is 1.12 bits per heavy atom. The molecule has 0 atom stereocenters. The second-order valence-electron chi connectivity index (χ2n) is 4.97. The van der Waals surface area contributed by atoms with E-state index in [0.29, 0.717) is 0 Å². The number of ketones is 1. The van der Waals surface area contributed by atoms with E-state index in [1.165, 1.54) is 37.4 Å². The Kier molecular flexibility index (Phi) is 6.20. The van der Waals surface area contributed by atoms with E-state index in [1.54, 1.807) is 0 Å². The molecule has 0 aliphatic carbocycles. The summed E-state index contributed by atoms with van der Waals surface area (Å²) in [6, 6.07) is 8.52. The molecule has 9 heteroatoms. The molecule has 0 fully saturated rings. The third kappa shape index (κ3) is 5.00.